The predicted molar refractivity (Wildman–Crippen MR) is 92.4 cm³/mol. The Bertz CT molecular complexity index is 810. The average molecular weight is 301 g/mol. The first-order valence-corrected chi connectivity index (χ1v) is 8.03. The molecule has 0 aliphatic heterocycles. The molecule has 2 nitrogen and oxygen atoms in total. The van der Waals surface area contributed by atoms with Gasteiger partial charge < -0.3 is 5.11 Å². The van der Waals surface area contributed by atoms with E-state index < -0.39 is 6.10 Å². The third kappa shape index (κ3) is 2.45. The van der Waals surface area contributed by atoms with Gasteiger partial charge in [-0.2, -0.15) is 0 Å². The first kappa shape index (κ1) is 14.2. The number of nitrogens with zero attached hydrogens (tertiary/aromatic N) is 1. The summed E-state index contributed by atoms with van der Waals surface area (Å²) in [6, 6.07) is 22.8. The number of aromatic nitrogens is 1. The Morgan fingerprint density at radius 2 is 1.48 bits per heavy atom. The molecule has 1 N–H and O–H groups in total. The van der Waals surface area contributed by atoms with Crippen LogP contribution in [-0.4, -0.2) is 16.2 Å². The molecule has 3 aromatic rings. The van der Waals surface area contributed by atoms with Crippen LogP contribution in [-0.2, 0) is 6.42 Å². The highest BCUT2D eigenvalue weighted by molar-refractivity contribution is 5.79. The lowest BCUT2D eigenvalue weighted by atomic mass is 9.89. The second kappa shape index (κ2) is 5.64. The average Bonchev–Trinajstić information content (AvgIpc) is 2.89. The van der Waals surface area contributed by atoms with Gasteiger partial charge in [0.1, 0.15) is 0 Å². The summed E-state index contributed by atoms with van der Waals surface area (Å²) in [5.41, 5.74) is 6.85. The van der Waals surface area contributed by atoms with E-state index in [0.29, 0.717) is 6.42 Å². The van der Waals surface area contributed by atoms with Gasteiger partial charge in [0.05, 0.1) is 6.10 Å². The van der Waals surface area contributed by atoms with E-state index in [-0.39, 0.29) is 5.92 Å². The Morgan fingerprint density at radius 1 is 0.870 bits per heavy atom. The number of rotatable bonds is 3. The van der Waals surface area contributed by atoms with Crippen molar-refractivity contribution in [3.63, 3.8) is 0 Å². The summed E-state index contributed by atoms with van der Waals surface area (Å²) in [4.78, 5) is 4.54. The van der Waals surface area contributed by atoms with E-state index in [2.05, 4.69) is 53.5 Å². The Hall–Kier alpha value is -2.45. The molecule has 4 rings (SSSR count). The minimum atomic E-state index is -0.478. The maximum Gasteiger partial charge on any atom is 0.0705 e. The number of pyridine rings is 1. The number of hydrogen-bond acceptors (Lipinski definition) is 2. The van der Waals surface area contributed by atoms with Crippen LogP contribution >= 0.6 is 0 Å². The van der Waals surface area contributed by atoms with Crippen LogP contribution in [0.2, 0.25) is 0 Å². The summed E-state index contributed by atoms with van der Waals surface area (Å²) in [5.74, 6) is 0.0183. The maximum absolute atomic E-state index is 10.9. The fraction of sp³-hybridized carbons (Fsp3) is 0.190. The van der Waals surface area contributed by atoms with Gasteiger partial charge in [-0.1, -0.05) is 54.6 Å². The van der Waals surface area contributed by atoms with E-state index in [4.69, 9.17) is 0 Å². The Balaban J connectivity index is 1.73. The molecular weight excluding hydrogens is 282 g/mol. The van der Waals surface area contributed by atoms with Gasteiger partial charge in [-0.05, 0) is 41.3 Å². The molecule has 1 aliphatic rings. The van der Waals surface area contributed by atoms with E-state index in [1.54, 1.807) is 0 Å². The highest BCUT2D eigenvalue weighted by Crippen LogP contribution is 2.46. The molecule has 0 amide bonds. The number of aliphatic hydroxyl groups is 1. The van der Waals surface area contributed by atoms with Crippen LogP contribution in [0.1, 0.15) is 28.4 Å². The van der Waals surface area contributed by atoms with Crippen molar-refractivity contribution >= 4 is 0 Å². The molecule has 0 saturated heterocycles. The molecule has 0 bridgehead atoms. The molecule has 0 spiro atoms. The first-order valence-electron chi connectivity index (χ1n) is 8.03. The molecular formula is C21H19NO. The fourth-order valence-corrected chi connectivity index (χ4v) is 3.65. The van der Waals surface area contributed by atoms with Crippen molar-refractivity contribution in [3.05, 3.63) is 89.2 Å². The second-order valence-corrected chi connectivity index (χ2v) is 6.19. The SMILES string of the molecule is Cc1cccc(CC(O)C2c3ccccc3-c3ccccc32)n1. The van der Waals surface area contributed by atoms with Crippen molar-refractivity contribution in [2.75, 3.05) is 0 Å². The van der Waals surface area contributed by atoms with Gasteiger partial charge in [-0.15, -0.1) is 0 Å². The van der Waals surface area contributed by atoms with Gasteiger partial charge in [-0.3, -0.25) is 4.98 Å². The molecule has 2 heteroatoms. The highest BCUT2D eigenvalue weighted by atomic mass is 16.3. The van der Waals surface area contributed by atoms with E-state index in [0.717, 1.165) is 11.4 Å². The molecule has 23 heavy (non-hydrogen) atoms. The summed E-state index contributed by atoms with van der Waals surface area (Å²) in [7, 11) is 0. The van der Waals surface area contributed by atoms with Crippen LogP contribution in [0.3, 0.4) is 0 Å². The van der Waals surface area contributed by atoms with Gasteiger partial charge in [0, 0.05) is 23.7 Å². The number of aryl methyl sites for hydroxylation is 1. The normalized spacial score (nSPS) is 14.3. The van der Waals surface area contributed by atoms with Crippen molar-refractivity contribution in [2.24, 2.45) is 0 Å². The van der Waals surface area contributed by atoms with Gasteiger partial charge in [0.15, 0.2) is 0 Å². The summed E-state index contributed by atoms with van der Waals surface area (Å²) >= 11 is 0. The zero-order valence-electron chi connectivity index (χ0n) is 13.1. The van der Waals surface area contributed by atoms with Gasteiger partial charge >= 0.3 is 0 Å². The zero-order valence-corrected chi connectivity index (χ0v) is 13.1. The third-order valence-corrected chi connectivity index (χ3v) is 4.63. The van der Waals surface area contributed by atoms with Crippen molar-refractivity contribution in [1.29, 1.82) is 0 Å². The van der Waals surface area contributed by atoms with Gasteiger partial charge in [0.25, 0.3) is 0 Å². The van der Waals surface area contributed by atoms with E-state index in [1.165, 1.54) is 22.3 Å². The van der Waals surface area contributed by atoms with Gasteiger partial charge in [0.2, 0.25) is 0 Å². The van der Waals surface area contributed by atoms with Crippen LogP contribution in [0, 0.1) is 6.92 Å². The standard InChI is InChI=1S/C21H19NO/c1-14-7-6-8-15(22-14)13-20(23)21-18-11-4-2-9-16(18)17-10-3-5-12-19(17)21/h2-12,20-21,23H,13H2,1H3. The summed E-state index contributed by atoms with van der Waals surface area (Å²) in [6.07, 6.45) is 0.0868. The molecule has 1 unspecified atom stereocenters. The summed E-state index contributed by atoms with van der Waals surface area (Å²) in [5, 5.41) is 10.9. The molecule has 0 radical (unpaired) electrons. The number of aliphatic hydroxyl groups excluding tert-OH is 1. The van der Waals surface area contributed by atoms with Crippen molar-refractivity contribution in [1.82, 2.24) is 4.98 Å². The van der Waals surface area contributed by atoms with Crippen LogP contribution < -0.4 is 0 Å². The monoisotopic (exact) mass is 301 g/mol. The molecule has 2 aromatic carbocycles. The predicted octanol–water partition coefficient (Wildman–Crippen LogP) is 4.11. The summed E-state index contributed by atoms with van der Waals surface area (Å²) < 4.78 is 0. The number of benzene rings is 2. The molecule has 114 valence electrons. The van der Waals surface area contributed by atoms with Crippen LogP contribution in [0.25, 0.3) is 11.1 Å². The number of hydrogen-bond donors (Lipinski definition) is 1. The molecule has 1 heterocycles. The largest absolute Gasteiger partial charge is 0.392 e. The topological polar surface area (TPSA) is 33.1 Å². The van der Waals surface area contributed by atoms with E-state index >= 15 is 0 Å². The molecule has 1 atom stereocenters. The molecule has 1 aromatic heterocycles. The van der Waals surface area contributed by atoms with Crippen LogP contribution in [0.4, 0.5) is 0 Å². The summed E-state index contributed by atoms with van der Waals surface area (Å²) in [6.45, 7) is 1.98. The molecule has 1 aliphatic carbocycles. The minimum absolute atomic E-state index is 0.0183. The van der Waals surface area contributed by atoms with Crippen LogP contribution in [0.5, 0.6) is 0 Å². The lowest BCUT2D eigenvalue weighted by Gasteiger charge is -2.20. The van der Waals surface area contributed by atoms with E-state index in [1.807, 2.05) is 25.1 Å². The maximum atomic E-state index is 10.9. The zero-order chi connectivity index (χ0) is 15.8. The second-order valence-electron chi connectivity index (χ2n) is 6.19. The van der Waals surface area contributed by atoms with Crippen molar-refractivity contribution < 1.29 is 5.11 Å². The third-order valence-electron chi connectivity index (χ3n) is 4.63. The Kier molecular flexibility index (Phi) is 3.47. The lowest BCUT2D eigenvalue weighted by molar-refractivity contribution is 0.157. The van der Waals surface area contributed by atoms with Crippen LogP contribution in [0.15, 0.2) is 66.7 Å². The van der Waals surface area contributed by atoms with Crippen molar-refractivity contribution in [3.8, 4) is 11.1 Å². The quantitative estimate of drug-likeness (QED) is 0.790. The first-order chi connectivity index (χ1) is 11.2. The number of fused-ring (bicyclic) bond motifs is 3. The fourth-order valence-electron chi connectivity index (χ4n) is 3.65. The van der Waals surface area contributed by atoms with Gasteiger partial charge in [-0.25, -0.2) is 0 Å². The molecule has 0 fully saturated rings. The van der Waals surface area contributed by atoms with E-state index in [9.17, 15) is 5.11 Å². The smallest absolute Gasteiger partial charge is 0.0705 e. The van der Waals surface area contributed by atoms with Crippen molar-refractivity contribution in [2.45, 2.75) is 25.4 Å². The molecule has 0 saturated carbocycles. The Morgan fingerprint density at radius 3 is 2.09 bits per heavy atom. The lowest BCUT2D eigenvalue weighted by Crippen LogP contribution is -2.21. The highest BCUT2D eigenvalue weighted by Gasteiger charge is 2.33. The minimum Gasteiger partial charge on any atom is -0.392 e. The Labute approximate surface area is 136 Å².